The summed E-state index contributed by atoms with van der Waals surface area (Å²) >= 11 is 6.02. The molecule has 0 N–H and O–H groups in total. The first-order valence-corrected chi connectivity index (χ1v) is 11.6. The van der Waals surface area contributed by atoms with Crippen molar-refractivity contribution < 1.29 is 23.9 Å². The fourth-order valence-corrected chi connectivity index (χ4v) is 4.32. The molecule has 0 saturated carbocycles. The molecule has 0 radical (unpaired) electrons. The van der Waals surface area contributed by atoms with Crippen LogP contribution in [-0.4, -0.2) is 70.6 Å². The zero-order valence-electron chi connectivity index (χ0n) is 18.9. The SMILES string of the molecule is CCOC(=O)N1CCN(C(=O)OC2c3ccccc3C(=O)N2c2ccc3ccc(Cl)nc3n2)CC1. The van der Waals surface area contributed by atoms with E-state index in [4.69, 9.17) is 21.1 Å². The normalized spacial score (nSPS) is 17.5. The van der Waals surface area contributed by atoms with Crippen molar-refractivity contribution in [3.8, 4) is 0 Å². The maximum absolute atomic E-state index is 13.3. The van der Waals surface area contributed by atoms with Gasteiger partial charge in [0.05, 0.1) is 6.61 Å². The lowest BCUT2D eigenvalue weighted by Crippen LogP contribution is -2.51. The van der Waals surface area contributed by atoms with E-state index < -0.39 is 18.4 Å². The molecule has 0 aliphatic carbocycles. The minimum atomic E-state index is -1.00. The van der Waals surface area contributed by atoms with E-state index in [9.17, 15) is 14.4 Å². The van der Waals surface area contributed by atoms with Crippen LogP contribution in [0, 0.1) is 0 Å². The van der Waals surface area contributed by atoms with Crippen molar-refractivity contribution in [2.75, 3.05) is 37.7 Å². The summed E-state index contributed by atoms with van der Waals surface area (Å²) < 4.78 is 10.9. The zero-order chi connectivity index (χ0) is 24.5. The first-order chi connectivity index (χ1) is 17.0. The molecule has 1 saturated heterocycles. The van der Waals surface area contributed by atoms with Gasteiger partial charge in [-0.05, 0) is 37.3 Å². The first kappa shape index (κ1) is 22.9. The van der Waals surface area contributed by atoms with Crippen LogP contribution in [0.1, 0.15) is 29.1 Å². The van der Waals surface area contributed by atoms with Crippen LogP contribution in [0.5, 0.6) is 0 Å². The Hall–Kier alpha value is -3.92. The number of anilines is 1. The predicted octanol–water partition coefficient (Wildman–Crippen LogP) is 3.85. The summed E-state index contributed by atoms with van der Waals surface area (Å²) in [6.07, 6.45) is -1.99. The first-order valence-electron chi connectivity index (χ1n) is 11.2. The van der Waals surface area contributed by atoms with Gasteiger partial charge in [0.25, 0.3) is 5.91 Å². The lowest BCUT2D eigenvalue weighted by atomic mass is 10.1. The average molecular weight is 496 g/mol. The van der Waals surface area contributed by atoms with Gasteiger partial charge in [-0.25, -0.2) is 19.6 Å². The van der Waals surface area contributed by atoms with E-state index in [-0.39, 0.29) is 30.8 Å². The van der Waals surface area contributed by atoms with E-state index >= 15 is 0 Å². The minimum absolute atomic E-state index is 0.281. The summed E-state index contributed by atoms with van der Waals surface area (Å²) in [4.78, 5) is 51.5. The molecular formula is C24H22ClN5O5. The number of pyridine rings is 2. The lowest BCUT2D eigenvalue weighted by molar-refractivity contribution is 0.0412. The van der Waals surface area contributed by atoms with Gasteiger partial charge in [0.2, 0.25) is 6.23 Å². The van der Waals surface area contributed by atoms with Crippen LogP contribution in [0.3, 0.4) is 0 Å². The second kappa shape index (κ2) is 9.38. The quantitative estimate of drug-likeness (QED) is 0.508. The van der Waals surface area contributed by atoms with Gasteiger partial charge in [0.1, 0.15) is 11.0 Å². The molecule has 2 aromatic heterocycles. The third-order valence-electron chi connectivity index (χ3n) is 5.94. The standard InChI is InChI=1S/C24H22ClN5O5/c1-2-34-23(32)28-11-13-29(14-12-28)24(33)35-22-17-6-4-3-5-16(17)21(31)30(22)19-10-8-15-7-9-18(25)26-20(15)27-19/h3-10,22H,2,11-14H2,1H3. The van der Waals surface area contributed by atoms with Crippen LogP contribution in [0.2, 0.25) is 5.15 Å². The van der Waals surface area contributed by atoms with Gasteiger partial charge in [-0.1, -0.05) is 29.8 Å². The number of fused-ring (bicyclic) bond motifs is 2. The smallest absolute Gasteiger partial charge is 0.412 e. The molecule has 11 heteroatoms. The minimum Gasteiger partial charge on any atom is -0.450 e. The van der Waals surface area contributed by atoms with Gasteiger partial charge in [-0.15, -0.1) is 0 Å². The summed E-state index contributed by atoms with van der Waals surface area (Å²) in [5.74, 6) is -0.0437. The molecular weight excluding hydrogens is 474 g/mol. The van der Waals surface area contributed by atoms with Crippen molar-refractivity contribution in [1.82, 2.24) is 19.8 Å². The van der Waals surface area contributed by atoms with Crippen LogP contribution >= 0.6 is 11.6 Å². The second-order valence-corrected chi connectivity index (χ2v) is 8.41. The third-order valence-corrected chi connectivity index (χ3v) is 6.15. The van der Waals surface area contributed by atoms with E-state index in [1.165, 1.54) is 9.80 Å². The topological polar surface area (TPSA) is 105 Å². The van der Waals surface area contributed by atoms with Gasteiger partial charge in [0, 0.05) is 42.7 Å². The van der Waals surface area contributed by atoms with E-state index in [1.807, 2.05) is 0 Å². The number of nitrogens with zero attached hydrogens (tertiary/aromatic N) is 5. The molecule has 0 bridgehead atoms. The molecule has 1 unspecified atom stereocenters. The highest BCUT2D eigenvalue weighted by molar-refractivity contribution is 6.29. The van der Waals surface area contributed by atoms with Crippen molar-refractivity contribution in [3.05, 3.63) is 64.8 Å². The molecule has 0 spiro atoms. The van der Waals surface area contributed by atoms with Gasteiger partial charge in [0.15, 0.2) is 5.65 Å². The highest BCUT2D eigenvalue weighted by Crippen LogP contribution is 2.38. The fourth-order valence-electron chi connectivity index (χ4n) is 4.18. The molecule has 4 heterocycles. The van der Waals surface area contributed by atoms with Gasteiger partial charge < -0.3 is 19.3 Å². The number of ether oxygens (including phenoxy) is 2. The molecule has 3 aromatic rings. The Morgan fingerprint density at radius 1 is 0.971 bits per heavy atom. The predicted molar refractivity (Wildman–Crippen MR) is 127 cm³/mol. The van der Waals surface area contributed by atoms with E-state index in [1.54, 1.807) is 60.4 Å². The van der Waals surface area contributed by atoms with Crippen LogP contribution < -0.4 is 4.90 Å². The van der Waals surface area contributed by atoms with Crippen LogP contribution in [-0.2, 0) is 9.47 Å². The number of carbonyl (C=O) groups excluding carboxylic acids is 3. The highest BCUT2D eigenvalue weighted by atomic mass is 35.5. The summed E-state index contributed by atoms with van der Waals surface area (Å²) in [5, 5.41) is 1.04. The number of aromatic nitrogens is 2. The summed E-state index contributed by atoms with van der Waals surface area (Å²) in [7, 11) is 0. The monoisotopic (exact) mass is 495 g/mol. The number of halogens is 1. The molecule has 2 aliphatic heterocycles. The molecule has 1 fully saturated rings. The number of piperazine rings is 1. The van der Waals surface area contributed by atoms with E-state index in [0.29, 0.717) is 35.7 Å². The molecule has 5 rings (SSSR count). The van der Waals surface area contributed by atoms with Crippen LogP contribution in [0.15, 0.2) is 48.5 Å². The van der Waals surface area contributed by atoms with E-state index in [2.05, 4.69) is 9.97 Å². The molecule has 180 valence electrons. The maximum atomic E-state index is 13.3. The lowest BCUT2D eigenvalue weighted by Gasteiger charge is -2.34. The number of hydrogen-bond donors (Lipinski definition) is 0. The van der Waals surface area contributed by atoms with Crippen molar-refractivity contribution in [2.45, 2.75) is 13.2 Å². The van der Waals surface area contributed by atoms with Crippen molar-refractivity contribution in [2.24, 2.45) is 0 Å². The Kier molecular flexibility index (Phi) is 6.12. The van der Waals surface area contributed by atoms with Crippen LogP contribution in [0.4, 0.5) is 15.4 Å². The average Bonchev–Trinajstić information content (AvgIpc) is 3.15. The van der Waals surface area contributed by atoms with E-state index in [0.717, 1.165) is 5.39 Å². The zero-order valence-corrected chi connectivity index (χ0v) is 19.6. The largest absolute Gasteiger partial charge is 0.450 e. The fraction of sp³-hybridized carbons (Fsp3) is 0.292. The molecule has 1 atom stereocenters. The summed E-state index contributed by atoms with van der Waals surface area (Å²) in [6, 6.07) is 13.9. The van der Waals surface area contributed by atoms with Crippen LogP contribution in [0.25, 0.3) is 11.0 Å². The van der Waals surface area contributed by atoms with Gasteiger partial charge in [-0.2, -0.15) is 0 Å². The summed E-state index contributed by atoms with van der Waals surface area (Å²) in [5.41, 5.74) is 1.37. The van der Waals surface area contributed by atoms with Crippen molar-refractivity contribution >= 4 is 46.5 Å². The molecule has 10 nitrogen and oxygen atoms in total. The van der Waals surface area contributed by atoms with Crippen molar-refractivity contribution in [3.63, 3.8) is 0 Å². The molecule has 1 aromatic carbocycles. The Labute approximate surface area is 206 Å². The Morgan fingerprint density at radius 2 is 1.66 bits per heavy atom. The molecule has 3 amide bonds. The van der Waals surface area contributed by atoms with Crippen molar-refractivity contribution in [1.29, 1.82) is 0 Å². The second-order valence-electron chi connectivity index (χ2n) is 8.02. The van der Waals surface area contributed by atoms with Gasteiger partial charge >= 0.3 is 12.2 Å². The maximum Gasteiger partial charge on any atom is 0.412 e. The number of amides is 3. The molecule has 35 heavy (non-hydrogen) atoms. The Bertz CT molecular complexity index is 1310. The highest BCUT2D eigenvalue weighted by Gasteiger charge is 2.42. The molecule has 2 aliphatic rings. The third kappa shape index (κ3) is 4.32. The Balaban J connectivity index is 1.40. The number of hydrogen-bond acceptors (Lipinski definition) is 7. The number of carbonyl (C=O) groups is 3. The Morgan fingerprint density at radius 3 is 2.40 bits per heavy atom. The summed E-state index contributed by atoms with van der Waals surface area (Å²) in [6.45, 7) is 3.27. The number of benzene rings is 1. The number of rotatable bonds is 3. The van der Waals surface area contributed by atoms with Gasteiger partial charge in [-0.3, -0.25) is 9.69 Å².